The third-order valence-corrected chi connectivity index (χ3v) is 4.87. The van der Waals surface area contributed by atoms with Gasteiger partial charge in [-0.2, -0.15) is 0 Å². The molecule has 4 nitrogen and oxygen atoms in total. The largest absolute Gasteiger partial charge is 0.481 e. The molecule has 102 valence electrons. The number of nitrogens with zero attached hydrogens (tertiary/aromatic N) is 2. The van der Waals surface area contributed by atoms with E-state index in [9.17, 15) is 4.79 Å². The Labute approximate surface area is 127 Å². The topological polar surface area (TPSA) is 54.6 Å². The van der Waals surface area contributed by atoms with Crippen LogP contribution in [-0.4, -0.2) is 20.5 Å². The van der Waals surface area contributed by atoms with Crippen molar-refractivity contribution in [3.63, 3.8) is 0 Å². The molecule has 3 rings (SSSR count). The van der Waals surface area contributed by atoms with Gasteiger partial charge in [-0.3, -0.25) is 9.20 Å². The van der Waals surface area contributed by atoms with Crippen LogP contribution in [0.25, 0.3) is 16.2 Å². The number of fused-ring (bicyclic) bond motifs is 1. The summed E-state index contributed by atoms with van der Waals surface area (Å²) < 4.78 is 2.96. The highest BCUT2D eigenvalue weighted by atomic mass is 79.9. The molecule has 20 heavy (non-hydrogen) atoms. The number of hydrogen-bond acceptors (Lipinski definition) is 3. The lowest BCUT2D eigenvalue weighted by molar-refractivity contribution is -0.136. The van der Waals surface area contributed by atoms with Crippen molar-refractivity contribution in [2.75, 3.05) is 0 Å². The molecule has 1 N–H and O–H groups in total. The van der Waals surface area contributed by atoms with Crippen molar-refractivity contribution >= 4 is 38.2 Å². The molecular weight excluding hydrogens is 340 g/mol. The molecule has 3 aromatic rings. The first-order valence-electron chi connectivity index (χ1n) is 5.98. The SMILES string of the molecule is Cc1cc(-c2cn3cc(CC(=O)O)sc3n2)ccc1Br. The Hall–Kier alpha value is -1.66. The van der Waals surface area contributed by atoms with Gasteiger partial charge in [-0.1, -0.05) is 22.0 Å². The number of halogens is 1. The molecule has 0 bridgehead atoms. The number of aryl methyl sites for hydroxylation is 1. The van der Waals surface area contributed by atoms with Gasteiger partial charge in [0.25, 0.3) is 0 Å². The first-order valence-corrected chi connectivity index (χ1v) is 7.59. The Kier molecular flexibility index (Phi) is 3.35. The molecule has 0 aliphatic carbocycles. The van der Waals surface area contributed by atoms with Crippen molar-refractivity contribution in [2.45, 2.75) is 13.3 Å². The second-order valence-corrected chi connectivity index (χ2v) is 6.50. The van der Waals surface area contributed by atoms with Crippen LogP contribution in [0.5, 0.6) is 0 Å². The van der Waals surface area contributed by atoms with Gasteiger partial charge in [0, 0.05) is 27.3 Å². The molecule has 2 heterocycles. The van der Waals surface area contributed by atoms with Crippen LogP contribution in [0.15, 0.2) is 35.1 Å². The molecular formula is C14H11BrN2O2S. The van der Waals surface area contributed by atoms with E-state index >= 15 is 0 Å². The summed E-state index contributed by atoms with van der Waals surface area (Å²) >= 11 is 4.89. The van der Waals surface area contributed by atoms with Gasteiger partial charge >= 0.3 is 5.97 Å². The van der Waals surface area contributed by atoms with Gasteiger partial charge in [0.05, 0.1) is 12.1 Å². The Bertz CT molecular complexity index is 775. The number of hydrogen-bond donors (Lipinski definition) is 1. The normalized spacial score (nSPS) is 11.1. The van der Waals surface area contributed by atoms with Crippen LogP contribution in [-0.2, 0) is 11.2 Å². The van der Waals surface area contributed by atoms with Crippen LogP contribution in [0.4, 0.5) is 0 Å². The Balaban J connectivity index is 1.98. The molecule has 0 saturated carbocycles. The fourth-order valence-corrected chi connectivity index (χ4v) is 3.22. The summed E-state index contributed by atoms with van der Waals surface area (Å²) in [5, 5.41) is 8.79. The van der Waals surface area contributed by atoms with E-state index in [4.69, 9.17) is 5.11 Å². The van der Waals surface area contributed by atoms with Gasteiger partial charge in [-0.05, 0) is 24.6 Å². The molecule has 0 spiro atoms. The molecule has 0 aliphatic heterocycles. The quantitative estimate of drug-likeness (QED) is 0.782. The van der Waals surface area contributed by atoms with Crippen LogP contribution < -0.4 is 0 Å². The molecule has 2 aromatic heterocycles. The smallest absolute Gasteiger partial charge is 0.308 e. The third kappa shape index (κ3) is 2.48. The van der Waals surface area contributed by atoms with Crippen molar-refractivity contribution in [1.82, 2.24) is 9.38 Å². The molecule has 0 aliphatic rings. The van der Waals surface area contributed by atoms with Gasteiger partial charge < -0.3 is 5.11 Å². The summed E-state index contributed by atoms with van der Waals surface area (Å²) in [4.78, 5) is 16.9. The zero-order valence-electron chi connectivity index (χ0n) is 10.6. The zero-order chi connectivity index (χ0) is 14.3. The summed E-state index contributed by atoms with van der Waals surface area (Å²) in [5.74, 6) is -0.821. The highest BCUT2D eigenvalue weighted by molar-refractivity contribution is 9.10. The van der Waals surface area contributed by atoms with E-state index in [2.05, 4.69) is 27.0 Å². The van der Waals surface area contributed by atoms with Gasteiger partial charge in [0.2, 0.25) is 0 Å². The average Bonchev–Trinajstić information content (AvgIpc) is 2.89. The Morgan fingerprint density at radius 2 is 2.25 bits per heavy atom. The zero-order valence-corrected chi connectivity index (χ0v) is 13.0. The highest BCUT2D eigenvalue weighted by Gasteiger charge is 2.10. The van der Waals surface area contributed by atoms with Crippen LogP contribution in [0.1, 0.15) is 10.4 Å². The maximum atomic E-state index is 10.7. The van der Waals surface area contributed by atoms with E-state index in [0.29, 0.717) is 0 Å². The summed E-state index contributed by atoms with van der Waals surface area (Å²) in [6.07, 6.45) is 3.80. The third-order valence-electron chi connectivity index (χ3n) is 2.98. The first kappa shape index (κ1) is 13.3. The summed E-state index contributed by atoms with van der Waals surface area (Å²) in [7, 11) is 0. The minimum absolute atomic E-state index is 0.0424. The van der Waals surface area contributed by atoms with Gasteiger partial charge in [0.15, 0.2) is 4.96 Å². The van der Waals surface area contributed by atoms with Crippen molar-refractivity contribution < 1.29 is 9.90 Å². The predicted octanol–water partition coefficient (Wildman–Crippen LogP) is 3.76. The monoisotopic (exact) mass is 350 g/mol. The molecule has 0 amide bonds. The molecule has 1 aromatic carbocycles. The second kappa shape index (κ2) is 5.03. The van der Waals surface area contributed by atoms with Crippen molar-refractivity contribution in [1.29, 1.82) is 0 Å². The summed E-state index contributed by atoms with van der Waals surface area (Å²) in [6.45, 7) is 2.04. The van der Waals surface area contributed by atoms with E-state index < -0.39 is 5.97 Å². The molecule has 0 saturated heterocycles. The molecule has 0 atom stereocenters. The number of aliphatic carboxylic acids is 1. The Morgan fingerprint density at radius 1 is 1.45 bits per heavy atom. The van der Waals surface area contributed by atoms with E-state index in [0.717, 1.165) is 31.1 Å². The van der Waals surface area contributed by atoms with E-state index in [1.807, 2.05) is 35.9 Å². The molecule has 0 fully saturated rings. The van der Waals surface area contributed by atoms with E-state index in [1.165, 1.54) is 11.3 Å². The standard InChI is InChI=1S/C14H11BrN2O2S/c1-8-4-9(2-3-11(8)15)12-7-17-6-10(5-13(18)19)20-14(17)16-12/h2-4,6-7H,5H2,1H3,(H,18,19). The minimum atomic E-state index is -0.821. The molecule has 0 unspecified atom stereocenters. The number of thiazole rings is 1. The van der Waals surface area contributed by atoms with E-state index in [-0.39, 0.29) is 6.42 Å². The fourth-order valence-electron chi connectivity index (χ4n) is 2.02. The fraction of sp³-hybridized carbons (Fsp3) is 0.143. The molecule has 0 radical (unpaired) electrons. The predicted molar refractivity (Wildman–Crippen MR) is 82.3 cm³/mol. The number of rotatable bonds is 3. The summed E-state index contributed by atoms with van der Waals surface area (Å²) in [6, 6.07) is 6.10. The lowest BCUT2D eigenvalue weighted by Crippen LogP contribution is -1.97. The summed E-state index contributed by atoms with van der Waals surface area (Å²) in [5.41, 5.74) is 3.11. The van der Waals surface area contributed by atoms with Gasteiger partial charge in [-0.25, -0.2) is 4.98 Å². The maximum Gasteiger partial charge on any atom is 0.308 e. The minimum Gasteiger partial charge on any atom is -0.481 e. The number of aromatic nitrogens is 2. The lowest BCUT2D eigenvalue weighted by atomic mass is 10.1. The number of carbonyl (C=O) groups is 1. The number of carboxylic acid groups (broad SMARTS) is 1. The first-order chi connectivity index (χ1) is 9.52. The van der Waals surface area contributed by atoms with Gasteiger partial charge in [0.1, 0.15) is 0 Å². The highest BCUT2D eigenvalue weighted by Crippen LogP contribution is 2.27. The number of carboxylic acids is 1. The van der Waals surface area contributed by atoms with Crippen molar-refractivity contribution in [3.8, 4) is 11.3 Å². The number of imidazole rings is 1. The van der Waals surface area contributed by atoms with Crippen LogP contribution >= 0.6 is 27.3 Å². The number of benzene rings is 1. The van der Waals surface area contributed by atoms with Crippen LogP contribution in [0, 0.1) is 6.92 Å². The van der Waals surface area contributed by atoms with Gasteiger partial charge in [-0.15, -0.1) is 11.3 Å². The van der Waals surface area contributed by atoms with Crippen LogP contribution in [0.3, 0.4) is 0 Å². The Morgan fingerprint density at radius 3 is 2.90 bits per heavy atom. The van der Waals surface area contributed by atoms with E-state index in [1.54, 1.807) is 0 Å². The van der Waals surface area contributed by atoms with Crippen LogP contribution in [0.2, 0.25) is 0 Å². The molecule has 6 heteroatoms. The lowest BCUT2D eigenvalue weighted by Gasteiger charge is -2.00. The second-order valence-electron chi connectivity index (χ2n) is 4.55. The van der Waals surface area contributed by atoms with Crippen molar-refractivity contribution in [2.24, 2.45) is 0 Å². The average molecular weight is 351 g/mol. The van der Waals surface area contributed by atoms with Crippen molar-refractivity contribution in [3.05, 3.63) is 45.5 Å². The maximum absolute atomic E-state index is 10.7.